The van der Waals surface area contributed by atoms with Crippen LogP contribution in [-0.2, 0) is 0 Å². The van der Waals surface area contributed by atoms with Gasteiger partial charge in [0, 0.05) is 6.07 Å². The molecule has 0 amide bonds. The fourth-order valence-electron chi connectivity index (χ4n) is 0.698. The van der Waals surface area contributed by atoms with Crippen molar-refractivity contribution in [1.82, 2.24) is 0 Å². The topological polar surface area (TPSA) is 72.6 Å². The summed E-state index contributed by atoms with van der Waals surface area (Å²) in [7, 11) is 0. The van der Waals surface area contributed by atoms with E-state index in [1.807, 2.05) is 0 Å². The van der Waals surface area contributed by atoms with E-state index in [4.69, 9.17) is 0 Å². The molecule has 0 aliphatic rings. The largest absolute Gasteiger partial charge is 0.307 e. The SMILES string of the molecule is O=Nc1ccc(F)c([N+](=O)[O-])c1. The molecule has 0 atom stereocenters. The molecule has 0 aliphatic heterocycles. The van der Waals surface area contributed by atoms with E-state index in [2.05, 4.69) is 5.18 Å². The van der Waals surface area contributed by atoms with Crippen LogP contribution in [0.15, 0.2) is 23.4 Å². The van der Waals surface area contributed by atoms with Crippen LogP contribution in [0, 0.1) is 20.8 Å². The number of nitroso groups, excluding NO2 is 1. The highest BCUT2D eigenvalue weighted by atomic mass is 19.1. The van der Waals surface area contributed by atoms with E-state index in [-0.39, 0.29) is 5.69 Å². The fraction of sp³-hybridized carbons (Fsp3) is 0. The second-order valence-electron chi connectivity index (χ2n) is 1.98. The van der Waals surface area contributed by atoms with Crippen molar-refractivity contribution in [2.24, 2.45) is 5.18 Å². The monoisotopic (exact) mass is 170 g/mol. The standard InChI is InChI=1S/C6H3FN2O3/c7-5-2-1-4(8-10)3-6(5)9(11)12/h1-3H. The van der Waals surface area contributed by atoms with Gasteiger partial charge in [0.05, 0.1) is 4.92 Å². The molecule has 0 aromatic heterocycles. The van der Waals surface area contributed by atoms with Crippen LogP contribution in [0.4, 0.5) is 15.8 Å². The Balaban J connectivity index is 3.25. The second kappa shape index (κ2) is 3.04. The number of nitrogens with zero attached hydrogens (tertiary/aromatic N) is 2. The lowest BCUT2D eigenvalue weighted by Crippen LogP contribution is -1.90. The van der Waals surface area contributed by atoms with Crippen LogP contribution in [0.3, 0.4) is 0 Å². The summed E-state index contributed by atoms with van der Waals surface area (Å²) in [5.41, 5.74) is -0.907. The van der Waals surface area contributed by atoms with Gasteiger partial charge in [-0.1, -0.05) is 0 Å². The average Bonchev–Trinajstić information content (AvgIpc) is 2.05. The lowest BCUT2D eigenvalue weighted by Gasteiger charge is -1.92. The van der Waals surface area contributed by atoms with Gasteiger partial charge in [0.2, 0.25) is 5.82 Å². The molecule has 0 N–H and O–H groups in total. The Bertz CT molecular complexity index is 340. The Morgan fingerprint density at radius 3 is 2.67 bits per heavy atom. The van der Waals surface area contributed by atoms with Crippen molar-refractivity contribution in [3.05, 3.63) is 39.0 Å². The quantitative estimate of drug-likeness (QED) is 0.387. The molecule has 5 nitrogen and oxygen atoms in total. The maximum Gasteiger partial charge on any atom is 0.307 e. The lowest BCUT2D eigenvalue weighted by atomic mass is 10.3. The lowest BCUT2D eigenvalue weighted by molar-refractivity contribution is -0.387. The normalized spacial score (nSPS) is 9.42. The molecule has 0 unspecified atom stereocenters. The highest BCUT2D eigenvalue weighted by Gasteiger charge is 2.14. The van der Waals surface area contributed by atoms with E-state index in [0.29, 0.717) is 0 Å². The van der Waals surface area contributed by atoms with Gasteiger partial charge >= 0.3 is 5.69 Å². The van der Waals surface area contributed by atoms with Gasteiger partial charge in [-0.15, -0.1) is 4.91 Å². The minimum atomic E-state index is -0.979. The van der Waals surface area contributed by atoms with Gasteiger partial charge in [-0.2, -0.15) is 4.39 Å². The first-order chi connectivity index (χ1) is 5.65. The van der Waals surface area contributed by atoms with Crippen molar-refractivity contribution in [2.75, 3.05) is 0 Å². The molecule has 12 heavy (non-hydrogen) atoms. The molecule has 0 spiro atoms. The van der Waals surface area contributed by atoms with Gasteiger partial charge < -0.3 is 0 Å². The molecule has 0 fully saturated rings. The van der Waals surface area contributed by atoms with E-state index in [9.17, 15) is 19.4 Å². The number of halogens is 1. The van der Waals surface area contributed by atoms with E-state index in [1.165, 1.54) is 0 Å². The maximum atomic E-state index is 12.6. The number of nitro benzene ring substituents is 1. The number of hydrogen-bond donors (Lipinski definition) is 0. The van der Waals surface area contributed by atoms with Gasteiger partial charge in [-0.25, -0.2) is 0 Å². The van der Waals surface area contributed by atoms with Crippen LogP contribution in [-0.4, -0.2) is 4.92 Å². The third kappa shape index (κ3) is 1.42. The Kier molecular flexibility index (Phi) is 2.09. The molecular formula is C6H3FN2O3. The fourth-order valence-corrected chi connectivity index (χ4v) is 0.698. The number of hydrogen-bond acceptors (Lipinski definition) is 4. The molecule has 6 heteroatoms. The zero-order valence-electron chi connectivity index (χ0n) is 5.73. The summed E-state index contributed by atoms with van der Waals surface area (Å²) in [6.07, 6.45) is 0. The smallest absolute Gasteiger partial charge is 0.258 e. The Hall–Kier alpha value is -1.85. The Labute approximate surface area is 65.9 Å². The van der Waals surface area contributed by atoms with Gasteiger partial charge in [-0.05, 0) is 17.3 Å². The van der Waals surface area contributed by atoms with Gasteiger partial charge in [0.25, 0.3) is 0 Å². The van der Waals surface area contributed by atoms with Crippen LogP contribution < -0.4 is 0 Å². The summed E-state index contributed by atoms with van der Waals surface area (Å²) in [5, 5.41) is 12.5. The molecule has 1 rings (SSSR count). The van der Waals surface area contributed by atoms with Crippen LogP contribution >= 0.6 is 0 Å². The summed E-state index contributed by atoms with van der Waals surface area (Å²) >= 11 is 0. The summed E-state index contributed by atoms with van der Waals surface area (Å²) in [6, 6.07) is 2.67. The summed E-state index contributed by atoms with van der Waals surface area (Å²) in [4.78, 5) is 19.1. The van der Waals surface area contributed by atoms with E-state index < -0.39 is 16.4 Å². The van der Waals surface area contributed by atoms with Crippen molar-refractivity contribution >= 4 is 11.4 Å². The summed E-state index contributed by atoms with van der Waals surface area (Å²) in [5.74, 6) is -0.979. The Morgan fingerprint density at radius 1 is 1.50 bits per heavy atom. The number of rotatable bonds is 2. The molecule has 0 saturated heterocycles. The molecule has 0 radical (unpaired) electrons. The molecule has 1 aromatic rings. The molecular weight excluding hydrogens is 167 g/mol. The van der Waals surface area contributed by atoms with Gasteiger partial charge in [-0.3, -0.25) is 10.1 Å². The average molecular weight is 170 g/mol. The predicted molar refractivity (Wildman–Crippen MR) is 38.5 cm³/mol. The van der Waals surface area contributed by atoms with Crippen molar-refractivity contribution in [3.63, 3.8) is 0 Å². The first kappa shape index (κ1) is 8.25. The van der Waals surface area contributed by atoms with Crippen molar-refractivity contribution in [2.45, 2.75) is 0 Å². The zero-order valence-corrected chi connectivity index (χ0v) is 5.73. The van der Waals surface area contributed by atoms with Crippen LogP contribution in [0.2, 0.25) is 0 Å². The molecule has 0 bridgehead atoms. The van der Waals surface area contributed by atoms with Crippen molar-refractivity contribution < 1.29 is 9.31 Å². The Morgan fingerprint density at radius 2 is 2.17 bits per heavy atom. The molecule has 0 heterocycles. The minimum absolute atomic E-state index is 0.164. The van der Waals surface area contributed by atoms with Gasteiger partial charge in [0.15, 0.2) is 0 Å². The van der Waals surface area contributed by atoms with Crippen LogP contribution in [0.1, 0.15) is 0 Å². The van der Waals surface area contributed by atoms with E-state index in [1.54, 1.807) is 0 Å². The predicted octanol–water partition coefficient (Wildman–Crippen LogP) is 2.13. The van der Waals surface area contributed by atoms with Crippen molar-refractivity contribution in [3.8, 4) is 0 Å². The summed E-state index contributed by atoms with van der Waals surface area (Å²) in [6.45, 7) is 0. The maximum absolute atomic E-state index is 12.6. The van der Waals surface area contributed by atoms with E-state index >= 15 is 0 Å². The van der Waals surface area contributed by atoms with Gasteiger partial charge in [0.1, 0.15) is 5.69 Å². The second-order valence-corrected chi connectivity index (χ2v) is 1.98. The molecule has 1 aromatic carbocycles. The molecule has 62 valence electrons. The first-order valence-corrected chi connectivity index (χ1v) is 2.92. The van der Waals surface area contributed by atoms with Crippen molar-refractivity contribution in [1.29, 1.82) is 0 Å². The third-order valence-corrected chi connectivity index (χ3v) is 1.23. The first-order valence-electron chi connectivity index (χ1n) is 2.92. The third-order valence-electron chi connectivity index (χ3n) is 1.23. The highest BCUT2D eigenvalue weighted by molar-refractivity contribution is 5.47. The van der Waals surface area contributed by atoms with Crippen LogP contribution in [0.5, 0.6) is 0 Å². The summed E-state index contributed by atoms with van der Waals surface area (Å²) < 4.78 is 12.6. The zero-order chi connectivity index (χ0) is 9.14. The highest BCUT2D eigenvalue weighted by Crippen LogP contribution is 2.22. The number of benzene rings is 1. The van der Waals surface area contributed by atoms with E-state index in [0.717, 1.165) is 18.2 Å². The number of nitro groups is 1. The molecule has 0 aliphatic carbocycles. The minimum Gasteiger partial charge on any atom is -0.258 e. The molecule has 0 saturated carbocycles. The van der Waals surface area contributed by atoms with Crippen LogP contribution in [0.25, 0.3) is 0 Å².